The predicted molar refractivity (Wildman–Crippen MR) is 122 cm³/mol. The molecule has 1 saturated heterocycles. The number of nitrogens with one attached hydrogen (secondary N) is 2. The monoisotopic (exact) mass is 410 g/mol. The minimum atomic E-state index is 0.258. The average molecular weight is 411 g/mol. The van der Waals surface area contributed by atoms with Crippen LogP contribution >= 0.6 is 0 Å². The van der Waals surface area contributed by atoms with Gasteiger partial charge in [0.2, 0.25) is 0 Å². The molecule has 162 valence electrons. The van der Waals surface area contributed by atoms with Crippen molar-refractivity contribution in [3.05, 3.63) is 59.7 Å². The largest absolute Gasteiger partial charge is 0.508 e. The lowest BCUT2D eigenvalue weighted by molar-refractivity contribution is 0.198. The SMILES string of the molecule is CCNC(=NCCc1ccc(OC)cc1O)NC1CCN(Cc2ccccc2)CC1. The van der Waals surface area contributed by atoms with E-state index in [4.69, 9.17) is 9.73 Å². The zero-order valence-corrected chi connectivity index (χ0v) is 18.1. The van der Waals surface area contributed by atoms with Crippen LogP contribution in [0.4, 0.5) is 0 Å². The molecule has 2 aromatic carbocycles. The van der Waals surface area contributed by atoms with Gasteiger partial charge in [-0.3, -0.25) is 9.89 Å². The average Bonchev–Trinajstić information content (AvgIpc) is 2.77. The minimum absolute atomic E-state index is 0.258. The molecule has 0 bridgehead atoms. The molecule has 0 aliphatic carbocycles. The fraction of sp³-hybridized carbons (Fsp3) is 0.458. The van der Waals surface area contributed by atoms with Gasteiger partial charge in [-0.25, -0.2) is 0 Å². The van der Waals surface area contributed by atoms with Crippen molar-refractivity contribution in [3.63, 3.8) is 0 Å². The summed E-state index contributed by atoms with van der Waals surface area (Å²) in [5.74, 6) is 1.77. The molecule has 1 aliphatic rings. The number of phenolic OH excluding ortho intramolecular Hbond substituents is 1. The molecule has 6 heteroatoms. The molecule has 0 atom stereocenters. The lowest BCUT2D eigenvalue weighted by Gasteiger charge is -2.33. The van der Waals surface area contributed by atoms with Crippen molar-refractivity contribution >= 4 is 5.96 Å². The summed E-state index contributed by atoms with van der Waals surface area (Å²) in [6.45, 7) is 6.72. The second kappa shape index (κ2) is 11.5. The maximum Gasteiger partial charge on any atom is 0.191 e. The van der Waals surface area contributed by atoms with E-state index in [0.29, 0.717) is 24.8 Å². The van der Waals surface area contributed by atoms with Gasteiger partial charge in [-0.15, -0.1) is 0 Å². The quantitative estimate of drug-likeness (QED) is 0.461. The van der Waals surface area contributed by atoms with E-state index in [1.165, 1.54) is 5.56 Å². The van der Waals surface area contributed by atoms with Crippen LogP contribution in [0.2, 0.25) is 0 Å². The highest BCUT2D eigenvalue weighted by Gasteiger charge is 2.20. The Labute approximate surface area is 180 Å². The molecule has 0 radical (unpaired) electrons. The van der Waals surface area contributed by atoms with E-state index in [0.717, 1.165) is 50.5 Å². The second-order valence-corrected chi connectivity index (χ2v) is 7.69. The lowest BCUT2D eigenvalue weighted by Crippen LogP contribution is -2.48. The highest BCUT2D eigenvalue weighted by Crippen LogP contribution is 2.23. The van der Waals surface area contributed by atoms with Crippen molar-refractivity contribution in [2.45, 2.75) is 38.8 Å². The Balaban J connectivity index is 1.47. The van der Waals surface area contributed by atoms with Crippen LogP contribution in [0, 0.1) is 0 Å². The number of guanidine groups is 1. The third-order valence-electron chi connectivity index (χ3n) is 5.47. The van der Waals surface area contributed by atoms with Gasteiger partial charge < -0.3 is 20.5 Å². The number of piperidine rings is 1. The first-order chi connectivity index (χ1) is 14.7. The van der Waals surface area contributed by atoms with Gasteiger partial charge in [-0.1, -0.05) is 36.4 Å². The summed E-state index contributed by atoms with van der Waals surface area (Å²) < 4.78 is 5.14. The number of methoxy groups -OCH3 is 1. The topological polar surface area (TPSA) is 69.1 Å². The van der Waals surface area contributed by atoms with E-state index in [-0.39, 0.29) is 5.75 Å². The van der Waals surface area contributed by atoms with E-state index in [2.05, 4.69) is 52.8 Å². The summed E-state index contributed by atoms with van der Waals surface area (Å²) in [6, 6.07) is 16.5. The summed E-state index contributed by atoms with van der Waals surface area (Å²) in [7, 11) is 1.60. The van der Waals surface area contributed by atoms with Gasteiger partial charge in [0.25, 0.3) is 0 Å². The van der Waals surface area contributed by atoms with Crippen LogP contribution in [-0.4, -0.2) is 55.3 Å². The fourth-order valence-corrected chi connectivity index (χ4v) is 3.76. The summed E-state index contributed by atoms with van der Waals surface area (Å²) in [6.07, 6.45) is 2.90. The number of rotatable bonds is 8. The molecule has 3 N–H and O–H groups in total. The Morgan fingerprint density at radius 1 is 1.17 bits per heavy atom. The van der Waals surface area contributed by atoms with Crippen LogP contribution in [-0.2, 0) is 13.0 Å². The van der Waals surface area contributed by atoms with Gasteiger partial charge in [-0.05, 0) is 43.4 Å². The smallest absolute Gasteiger partial charge is 0.191 e. The second-order valence-electron chi connectivity index (χ2n) is 7.69. The Kier molecular flexibility index (Phi) is 8.39. The van der Waals surface area contributed by atoms with Crippen molar-refractivity contribution in [2.24, 2.45) is 4.99 Å². The molecule has 1 fully saturated rings. The van der Waals surface area contributed by atoms with Gasteiger partial charge in [0.15, 0.2) is 5.96 Å². The molecule has 2 aromatic rings. The Hall–Kier alpha value is -2.73. The number of nitrogens with zero attached hydrogens (tertiary/aromatic N) is 2. The maximum atomic E-state index is 10.1. The van der Waals surface area contributed by atoms with Gasteiger partial charge in [0.05, 0.1) is 7.11 Å². The van der Waals surface area contributed by atoms with Crippen LogP contribution in [0.25, 0.3) is 0 Å². The third-order valence-corrected chi connectivity index (χ3v) is 5.47. The molecule has 1 aliphatic heterocycles. The number of hydrogen-bond acceptors (Lipinski definition) is 4. The Morgan fingerprint density at radius 3 is 2.60 bits per heavy atom. The number of aliphatic imine (C=N–C) groups is 1. The van der Waals surface area contributed by atoms with Crippen molar-refractivity contribution in [1.82, 2.24) is 15.5 Å². The number of ether oxygens (including phenoxy) is 1. The molecule has 6 nitrogen and oxygen atoms in total. The molecule has 0 amide bonds. The summed E-state index contributed by atoms with van der Waals surface area (Å²) in [4.78, 5) is 7.23. The molecule has 30 heavy (non-hydrogen) atoms. The van der Waals surface area contributed by atoms with Crippen LogP contribution in [0.15, 0.2) is 53.5 Å². The lowest BCUT2D eigenvalue weighted by atomic mass is 10.0. The van der Waals surface area contributed by atoms with Gasteiger partial charge in [-0.2, -0.15) is 0 Å². The number of hydrogen-bond donors (Lipinski definition) is 3. The van der Waals surface area contributed by atoms with Crippen LogP contribution in [0.3, 0.4) is 0 Å². The first kappa shape index (κ1) is 22.0. The maximum absolute atomic E-state index is 10.1. The van der Waals surface area contributed by atoms with E-state index in [1.54, 1.807) is 13.2 Å². The Morgan fingerprint density at radius 2 is 1.93 bits per heavy atom. The standard InChI is InChI=1S/C24H34N4O2/c1-3-25-24(26-14-11-20-9-10-22(30-2)17-23(20)29)27-21-12-15-28(16-13-21)18-19-7-5-4-6-8-19/h4-10,17,21,29H,3,11-16,18H2,1-2H3,(H2,25,26,27). The van der Waals surface area contributed by atoms with E-state index < -0.39 is 0 Å². The van der Waals surface area contributed by atoms with Crippen LogP contribution < -0.4 is 15.4 Å². The highest BCUT2D eigenvalue weighted by molar-refractivity contribution is 5.80. The zero-order valence-electron chi connectivity index (χ0n) is 18.1. The fourth-order valence-electron chi connectivity index (χ4n) is 3.76. The summed E-state index contributed by atoms with van der Waals surface area (Å²) in [5, 5.41) is 17.1. The highest BCUT2D eigenvalue weighted by atomic mass is 16.5. The molecule has 0 aromatic heterocycles. The molecule has 0 spiro atoms. The summed E-state index contributed by atoms with van der Waals surface area (Å²) in [5.41, 5.74) is 2.25. The van der Waals surface area contributed by atoms with Crippen molar-refractivity contribution in [3.8, 4) is 11.5 Å². The normalized spacial score (nSPS) is 15.7. The first-order valence-electron chi connectivity index (χ1n) is 10.8. The molecule has 0 unspecified atom stereocenters. The molecule has 0 saturated carbocycles. The Bertz CT molecular complexity index is 802. The van der Waals surface area contributed by atoms with Crippen molar-refractivity contribution in [1.29, 1.82) is 0 Å². The number of benzene rings is 2. The minimum Gasteiger partial charge on any atom is -0.508 e. The van der Waals surface area contributed by atoms with Crippen molar-refractivity contribution < 1.29 is 9.84 Å². The molecular weight excluding hydrogens is 376 g/mol. The van der Waals surface area contributed by atoms with Crippen LogP contribution in [0.5, 0.6) is 11.5 Å². The number of likely N-dealkylation sites (tertiary alicyclic amines) is 1. The van der Waals surface area contributed by atoms with Gasteiger partial charge in [0.1, 0.15) is 11.5 Å². The molecule has 1 heterocycles. The third kappa shape index (κ3) is 6.66. The van der Waals surface area contributed by atoms with Gasteiger partial charge >= 0.3 is 0 Å². The van der Waals surface area contributed by atoms with Crippen LogP contribution in [0.1, 0.15) is 30.9 Å². The number of phenols is 1. The van der Waals surface area contributed by atoms with E-state index >= 15 is 0 Å². The molecule has 3 rings (SSSR count). The van der Waals surface area contributed by atoms with Crippen molar-refractivity contribution in [2.75, 3.05) is 33.3 Å². The molecular formula is C24H34N4O2. The summed E-state index contributed by atoms with van der Waals surface area (Å²) >= 11 is 0. The predicted octanol–water partition coefficient (Wildman–Crippen LogP) is 3.16. The zero-order chi connectivity index (χ0) is 21.2. The van der Waals surface area contributed by atoms with E-state index in [9.17, 15) is 5.11 Å². The van der Waals surface area contributed by atoms with E-state index in [1.807, 2.05) is 12.1 Å². The first-order valence-corrected chi connectivity index (χ1v) is 10.8. The number of aromatic hydroxyl groups is 1. The van der Waals surface area contributed by atoms with Gasteiger partial charge in [0, 0.05) is 44.8 Å².